The molecule has 1 aromatic carbocycles. The van der Waals surface area contributed by atoms with Crippen LogP contribution in [0.3, 0.4) is 0 Å². The van der Waals surface area contributed by atoms with Gasteiger partial charge in [0.2, 0.25) is 5.95 Å². The number of pyridine rings is 1. The molecule has 0 aliphatic heterocycles. The van der Waals surface area contributed by atoms with E-state index in [1.165, 1.54) is 12.1 Å². The first-order valence-electron chi connectivity index (χ1n) is 7.84. The summed E-state index contributed by atoms with van der Waals surface area (Å²) in [6.07, 6.45) is 4.76. The maximum absolute atomic E-state index is 13.3. The number of aromatic amines is 1. The van der Waals surface area contributed by atoms with Crippen LogP contribution in [0.4, 0.5) is 10.3 Å². The first-order valence-corrected chi connectivity index (χ1v) is 7.84. The van der Waals surface area contributed by atoms with E-state index in [1.54, 1.807) is 25.3 Å². The van der Waals surface area contributed by atoms with Crippen molar-refractivity contribution in [2.75, 3.05) is 5.32 Å². The molecule has 0 spiro atoms. The van der Waals surface area contributed by atoms with Crippen LogP contribution in [0.15, 0.2) is 55.0 Å². The second-order valence-corrected chi connectivity index (χ2v) is 5.75. The minimum Gasteiger partial charge on any atom is -0.374 e. The van der Waals surface area contributed by atoms with Gasteiger partial charge in [0.1, 0.15) is 17.7 Å². The van der Waals surface area contributed by atoms with Gasteiger partial charge in [-0.1, -0.05) is 0 Å². The number of imidazole rings is 2. The molecule has 0 fully saturated rings. The van der Waals surface area contributed by atoms with Crippen molar-refractivity contribution in [1.82, 2.24) is 19.4 Å². The number of fused-ring (bicyclic) bond motifs is 1. The molecule has 6 nitrogen and oxygen atoms in total. The summed E-state index contributed by atoms with van der Waals surface area (Å²) >= 11 is 0. The molecular weight excluding hydrogens is 321 g/mol. The second kappa shape index (κ2) is 6.03. The van der Waals surface area contributed by atoms with Gasteiger partial charge < -0.3 is 19.8 Å². The lowest BCUT2D eigenvalue weighted by Gasteiger charge is -2.04. The Morgan fingerprint density at radius 1 is 1.16 bits per heavy atom. The number of hydrogen-bond acceptors (Lipinski definition) is 4. The van der Waals surface area contributed by atoms with Gasteiger partial charge in [-0.05, 0) is 43.3 Å². The molecule has 0 saturated carbocycles. The lowest BCUT2D eigenvalue weighted by molar-refractivity contribution is 0.223. The van der Waals surface area contributed by atoms with Crippen LogP contribution >= 0.6 is 0 Å². The summed E-state index contributed by atoms with van der Waals surface area (Å²) in [4.78, 5) is 12.0. The van der Waals surface area contributed by atoms with Crippen LogP contribution in [0.5, 0.6) is 0 Å². The molecule has 0 radical (unpaired) electrons. The summed E-state index contributed by atoms with van der Waals surface area (Å²) in [5, 5.41) is 12.4. The minimum absolute atomic E-state index is 0.299. The first-order chi connectivity index (χ1) is 12.1. The quantitative estimate of drug-likeness (QED) is 0.499. The van der Waals surface area contributed by atoms with E-state index in [2.05, 4.69) is 20.3 Å². The van der Waals surface area contributed by atoms with E-state index in [0.717, 1.165) is 22.5 Å². The van der Waals surface area contributed by atoms with Crippen molar-refractivity contribution >= 4 is 11.6 Å². The molecule has 7 heteroatoms. The third-order valence-electron chi connectivity index (χ3n) is 3.84. The molecule has 0 amide bonds. The summed E-state index contributed by atoms with van der Waals surface area (Å²) in [6.45, 7) is 1.61. The largest absolute Gasteiger partial charge is 0.374 e. The number of nitrogens with one attached hydrogen (secondary N) is 2. The molecule has 4 rings (SSSR count). The van der Waals surface area contributed by atoms with Crippen LogP contribution < -0.4 is 5.32 Å². The predicted octanol–water partition coefficient (Wildman–Crippen LogP) is 3.28. The number of halogens is 1. The zero-order valence-corrected chi connectivity index (χ0v) is 13.4. The number of H-pyrrole nitrogens is 1. The summed E-state index contributed by atoms with van der Waals surface area (Å²) in [6, 6.07) is 10.0. The van der Waals surface area contributed by atoms with E-state index in [9.17, 15) is 9.50 Å². The van der Waals surface area contributed by atoms with E-state index in [1.807, 2.05) is 28.9 Å². The Bertz CT molecular complexity index is 1020. The third-order valence-corrected chi connectivity index (χ3v) is 3.84. The van der Waals surface area contributed by atoms with Crippen molar-refractivity contribution in [1.29, 1.82) is 0 Å². The van der Waals surface area contributed by atoms with Crippen molar-refractivity contribution in [2.24, 2.45) is 0 Å². The van der Waals surface area contributed by atoms with E-state index in [4.69, 9.17) is 0 Å². The molecule has 1 atom stereocenters. The summed E-state index contributed by atoms with van der Waals surface area (Å²) in [7, 11) is 0. The summed E-state index contributed by atoms with van der Waals surface area (Å²) in [5.74, 6) is 0.141. The molecule has 25 heavy (non-hydrogen) atoms. The standard InChI is InChI=1S/C18H16FN5O/c1-11(25)21-18-22-16(12-2-5-14(19)6-3-12)17(23-18)13-4-7-15-20-8-9-24(15)10-13/h2-11,25H,1H3,(H2,21,22,23). The zero-order chi connectivity index (χ0) is 17.4. The maximum Gasteiger partial charge on any atom is 0.203 e. The van der Waals surface area contributed by atoms with Gasteiger partial charge in [-0.2, -0.15) is 0 Å². The van der Waals surface area contributed by atoms with Gasteiger partial charge in [-0.15, -0.1) is 0 Å². The van der Waals surface area contributed by atoms with E-state index in [0.29, 0.717) is 11.6 Å². The van der Waals surface area contributed by atoms with Crippen molar-refractivity contribution in [3.05, 3.63) is 60.8 Å². The average Bonchev–Trinajstić information content (AvgIpc) is 3.21. The van der Waals surface area contributed by atoms with Crippen molar-refractivity contribution in [2.45, 2.75) is 13.2 Å². The van der Waals surface area contributed by atoms with Crippen molar-refractivity contribution < 1.29 is 9.50 Å². The Morgan fingerprint density at radius 2 is 1.92 bits per heavy atom. The highest BCUT2D eigenvalue weighted by atomic mass is 19.1. The molecule has 0 bridgehead atoms. The number of aromatic nitrogens is 4. The number of hydrogen-bond donors (Lipinski definition) is 3. The summed E-state index contributed by atoms with van der Waals surface area (Å²) < 4.78 is 15.2. The van der Waals surface area contributed by atoms with Gasteiger partial charge in [0.05, 0.1) is 11.4 Å². The number of benzene rings is 1. The van der Waals surface area contributed by atoms with E-state index < -0.39 is 6.23 Å². The fourth-order valence-corrected chi connectivity index (χ4v) is 2.73. The number of aliphatic hydroxyl groups is 1. The van der Waals surface area contributed by atoms with Crippen LogP contribution in [0.25, 0.3) is 28.2 Å². The molecular formula is C18H16FN5O. The highest BCUT2D eigenvalue weighted by molar-refractivity contribution is 5.80. The Labute approximate surface area is 143 Å². The average molecular weight is 337 g/mol. The van der Waals surface area contributed by atoms with Gasteiger partial charge >= 0.3 is 0 Å². The number of nitrogens with zero attached hydrogens (tertiary/aromatic N) is 3. The fraction of sp³-hybridized carbons (Fsp3) is 0.111. The highest BCUT2D eigenvalue weighted by Gasteiger charge is 2.15. The zero-order valence-electron chi connectivity index (χ0n) is 13.4. The molecule has 3 aromatic heterocycles. The Balaban J connectivity index is 1.86. The highest BCUT2D eigenvalue weighted by Crippen LogP contribution is 2.31. The lowest BCUT2D eigenvalue weighted by Crippen LogP contribution is -2.14. The molecule has 4 aromatic rings. The lowest BCUT2D eigenvalue weighted by atomic mass is 10.1. The monoisotopic (exact) mass is 337 g/mol. The molecule has 1 unspecified atom stereocenters. The summed E-state index contributed by atoms with van der Waals surface area (Å²) in [5.41, 5.74) is 3.95. The fourth-order valence-electron chi connectivity index (χ4n) is 2.73. The normalized spacial score (nSPS) is 12.4. The predicted molar refractivity (Wildman–Crippen MR) is 93.5 cm³/mol. The number of aliphatic hydroxyl groups excluding tert-OH is 1. The molecule has 126 valence electrons. The van der Waals surface area contributed by atoms with Gasteiger partial charge in [-0.25, -0.2) is 14.4 Å². The Morgan fingerprint density at radius 3 is 2.68 bits per heavy atom. The number of rotatable bonds is 4. The molecule has 0 saturated heterocycles. The van der Waals surface area contributed by atoms with Crippen molar-refractivity contribution in [3.63, 3.8) is 0 Å². The van der Waals surface area contributed by atoms with Crippen LogP contribution in [0.2, 0.25) is 0 Å². The Hall–Kier alpha value is -3.19. The van der Waals surface area contributed by atoms with E-state index in [-0.39, 0.29) is 5.82 Å². The Kier molecular flexibility index (Phi) is 3.70. The van der Waals surface area contributed by atoms with Crippen LogP contribution in [0.1, 0.15) is 6.92 Å². The van der Waals surface area contributed by atoms with Crippen LogP contribution in [-0.4, -0.2) is 30.7 Å². The minimum atomic E-state index is -0.754. The topological polar surface area (TPSA) is 78.2 Å². The number of anilines is 1. The molecule has 3 heterocycles. The first kappa shape index (κ1) is 15.3. The SMILES string of the molecule is CC(O)Nc1nc(-c2ccc3nccn3c2)c(-c2ccc(F)cc2)[nH]1. The van der Waals surface area contributed by atoms with Gasteiger partial charge in [-0.3, -0.25) is 0 Å². The molecule has 0 aliphatic rings. The van der Waals surface area contributed by atoms with Gasteiger partial charge in [0.25, 0.3) is 0 Å². The third kappa shape index (κ3) is 2.97. The van der Waals surface area contributed by atoms with Gasteiger partial charge in [0, 0.05) is 29.7 Å². The maximum atomic E-state index is 13.3. The van der Waals surface area contributed by atoms with Crippen LogP contribution in [0, 0.1) is 5.82 Å². The molecule has 0 aliphatic carbocycles. The second-order valence-electron chi connectivity index (χ2n) is 5.75. The van der Waals surface area contributed by atoms with Crippen molar-refractivity contribution in [3.8, 4) is 22.5 Å². The van der Waals surface area contributed by atoms with Gasteiger partial charge in [0.15, 0.2) is 0 Å². The van der Waals surface area contributed by atoms with Crippen LogP contribution in [-0.2, 0) is 0 Å². The molecule has 3 N–H and O–H groups in total. The smallest absolute Gasteiger partial charge is 0.203 e. The van der Waals surface area contributed by atoms with E-state index >= 15 is 0 Å².